The van der Waals surface area contributed by atoms with Crippen LogP contribution in [0.25, 0.3) is 0 Å². The van der Waals surface area contributed by atoms with Gasteiger partial charge in [-0.05, 0) is 17.7 Å². The molecule has 0 spiro atoms. The summed E-state index contributed by atoms with van der Waals surface area (Å²) >= 11 is 0. The maximum Gasteiger partial charge on any atom is 0.165 e. The van der Waals surface area contributed by atoms with Gasteiger partial charge in [0.05, 0.1) is 13.7 Å². The second kappa shape index (κ2) is 4.20. The van der Waals surface area contributed by atoms with Crippen LogP contribution in [0.2, 0.25) is 0 Å². The summed E-state index contributed by atoms with van der Waals surface area (Å²) in [4.78, 5) is 0. The lowest BCUT2D eigenvalue weighted by Crippen LogP contribution is -2.03. The molecule has 0 fully saturated rings. The van der Waals surface area contributed by atoms with Crippen LogP contribution in [0.1, 0.15) is 11.7 Å². The third-order valence-corrected chi connectivity index (χ3v) is 1.73. The highest BCUT2D eigenvalue weighted by Gasteiger charge is 2.09. The molecule has 0 bridgehead atoms. The molecule has 1 aromatic rings. The van der Waals surface area contributed by atoms with Gasteiger partial charge in [0.25, 0.3) is 0 Å². The van der Waals surface area contributed by atoms with E-state index in [1.807, 2.05) is 0 Å². The van der Waals surface area contributed by atoms with E-state index in [4.69, 9.17) is 14.9 Å². The Morgan fingerprint density at radius 3 is 2.69 bits per heavy atom. The van der Waals surface area contributed by atoms with E-state index in [0.717, 1.165) is 6.07 Å². The zero-order valence-electron chi connectivity index (χ0n) is 7.20. The molecule has 3 nitrogen and oxygen atoms in total. The van der Waals surface area contributed by atoms with Crippen molar-refractivity contribution in [1.82, 2.24) is 0 Å². The van der Waals surface area contributed by atoms with Crippen LogP contribution in [-0.2, 0) is 0 Å². The normalized spacial score (nSPS) is 12.6. The average molecular weight is 186 g/mol. The molecule has 2 N–H and O–H groups in total. The van der Waals surface area contributed by atoms with Gasteiger partial charge in [0.2, 0.25) is 0 Å². The van der Waals surface area contributed by atoms with Gasteiger partial charge < -0.3 is 14.9 Å². The first-order valence-electron chi connectivity index (χ1n) is 3.81. The summed E-state index contributed by atoms with van der Waals surface area (Å²) in [7, 11) is 1.36. The van der Waals surface area contributed by atoms with Crippen molar-refractivity contribution in [3.05, 3.63) is 29.6 Å². The fourth-order valence-corrected chi connectivity index (χ4v) is 0.995. The molecule has 0 saturated heterocycles. The number of aliphatic hydroxyl groups is 2. The highest BCUT2D eigenvalue weighted by Crippen LogP contribution is 2.21. The van der Waals surface area contributed by atoms with E-state index in [9.17, 15) is 4.39 Å². The molecule has 1 rings (SSSR count). The highest BCUT2D eigenvalue weighted by atomic mass is 19.1. The Labute approximate surface area is 75.4 Å². The minimum Gasteiger partial charge on any atom is -0.494 e. The van der Waals surface area contributed by atoms with Crippen molar-refractivity contribution in [3.63, 3.8) is 0 Å². The third kappa shape index (κ3) is 2.17. The van der Waals surface area contributed by atoms with Crippen molar-refractivity contribution in [2.45, 2.75) is 6.10 Å². The Kier molecular flexibility index (Phi) is 3.22. The molecule has 13 heavy (non-hydrogen) atoms. The van der Waals surface area contributed by atoms with Crippen LogP contribution in [0, 0.1) is 5.82 Å². The zero-order chi connectivity index (χ0) is 9.84. The van der Waals surface area contributed by atoms with Gasteiger partial charge in [0, 0.05) is 0 Å². The predicted molar refractivity (Wildman–Crippen MR) is 45.0 cm³/mol. The summed E-state index contributed by atoms with van der Waals surface area (Å²) in [5.74, 6) is -0.429. The molecule has 0 aliphatic rings. The monoisotopic (exact) mass is 186 g/mol. The maximum absolute atomic E-state index is 13.0. The largest absolute Gasteiger partial charge is 0.494 e. The SMILES string of the molecule is COc1ccc(C(O)CO)cc1F. The van der Waals surface area contributed by atoms with Gasteiger partial charge in [-0.1, -0.05) is 6.07 Å². The van der Waals surface area contributed by atoms with Gasteiger partial charge in [-0.2, -0.15) is 0 Å². The van der Waals surface area contributed by atoms with Crippen LogP contribution in [0.3, 0.4) is 0 Å². The van der Waals surface area contributed by atoms with Gasteiger partial charge in [-0.15, -0.1) is 0 Å². The standard InChI is InChI=1S/C9H11FO3/c1-13-9-3-2-6(4-7(9)10)8(12)5-11/h2-4,8,11-12H,5H2,1H3. The van der Waals surface area contributed by atoms with Gasteiger partial charge in [0.15, 0.2) is 11.6 Å². The quantitative estimate of drug-likeness (QED) is 0.736. The first-order chi connectivity index (χ1) is 6.19. The Hall–Kier alpha value is -1.13. The van der Waals surface area contributed by atoms with Crippen LogP contribution in [-0.4, -0.2) is 23.9 Å². The first kappa shape index (κ1) is 9.95. The first-order valence-corrected chi connectivity index (χ1v) is 3.81. The minimum atomic E-state index is -1.04. The summed E-state index contributed by atoms with van der Waals surface area (Å²) in [6, 6.07) is 4.05. The van der Waals surface area contributed by atoms with Gasteiger partial charge >= 0.3 is 0 Å². The molecular weight excluding hydrogens is 175 g/mol. The molecule has 0 radical (unpaired) electrons. The number of hydrogen-bond donors (Lipinski definition) is 2. The number of rotatable bonds is 3. The molecule has 1 unspecified atom stereocenters. The summed E-state index contributed by atoms with van der Waals surface area (Å²) in [5, 5.41) is 17.8. The van der Waals surface area contributed by atoms with E-state index in [1.165, 1.54) is 19.2 Å². The molecule has 4 heteroatoms. The Morgan fingerprint density at radius 2 is 2.23 bits per heavy atom. The van der Waals surface area contributed by atoms with Crippen molar-refractivity contribution >= 4 is 0 Å². The van der Waals surface area contributed by atoms with Crippen LogP contribution < -0.4 is 4.74 Å². The number of hydrogen-bond acceptors (Lipinski definition) is 3. The van der Waals surface area contributed by atoms with Gasteiger partial charge in [0.1, 0.15) is 6.10 Å². The smallest absolute Gasteiger partial charge is 0.165 e. The number of ether oxygens (including phenoxy) is 1. The average Bonchev–Trinajstić information content (AvgIpc) is 2.16. The molecule has 1 atom stereocenters. The minimum absolute atomic E-state index is 0.119. The van der Waals surface area contributed by atoms with Crippen molar-refractivity contribution in [3.8, 4) is 5.75 Å². The Balaban J connectivity index is 2.95. The van der Waals surface area contributed by atoms with E-state index < -0.39 is 18.5 Å². The van der Waals surface area contributed by atoms with E-state index in [0.29, 0.717) is 5.56 Å². The second-order valence-corrected chi connectivity index (χ2v) is 2.59. The lowest BCUT2D eigenvalue weighted by molar-refractivity contribution is 0.0953. The Morgan fingerprint density at radius 1 is 1.54 bits per heavy atom. The molecule has 0 aromatic heterocycles. The highest BCUT2D eigenvalue weighted by molar-refractivity contribution is 5.30. The molecular formula is C9H11FO3. The van der Waals surface area contributed by atoms with Crippen LogP contribution >= 0.6 is 0 Å². The molecule has 0 amide bonds. The number of halogens is 1. The molecule has 0 aliphatic carbocycles. The molecule has 72 valence electrons. The van der Waals surface area contributed by atoms with Crippen molar-refractivity contribution in [2.24, 2.45) is 0 Å². The lowest BCUT2D eigenvalue weighted by Gasteiger charge is -2.08. The van der Waals surface area contributed by atoms with Crippen LogP contribution in [0.4, 0.5) is 4.39 Å². The van der Waals surface area contributed by atoms with Gasteiger partial charge in [-0.3, -0.25) is 0 Å². The molecule has 1 aromatic carbocycles. The number of benzene rings is 1. The summed E-state index contributed by atoms with van der Waals surface area (Å²) in [6.45, 7) is -0.425. The zero-order valence-corrected chi connectivity index (χ0v) is 7.20. The summed E-state index contributed by atoms with van der Waals surface area (Å²) < 4.78 is 17.7. The van der Waals surface area contributed by atoms with E-state index in [-0.39, 0.29) is 5.75 Å². The maximum atomic E-state index is 13.0. The summed E-state index contributed by atoms with van der Waals surface area (Å²) in [5.41, 5.74) is 0.334. The molecule has 0 heterocycles. The van der Waals surface area contributed by atoms with E-state index in [2.05, 4.69) is 0 Å². The number of aliphatic hydroxyl groups excluding tert-OH is 2. The third-order valence-electron chi connectivity index (χ3n) is 1.73. The Bertz CT molecular complexity index is 288. The van der Waals surface area contributed by atoms with Crippen molar-refractivity contribution < 1.29 is 19.3 Å². The second-order valence-electron chi connectivity index (χ2n) is 2.59. The molecule has 0 saturated carbocycles. The fourth-order valence-electron chi connectivity index (χ4n) is 0.995. The number of methoxy groups -OCH3 is 1. The van der Waals surface area contributed by atoms with Crippen molar-refractivity contribution in [2.75, 3.05) is 13.7 Å². The van der Waals surface area contributed by atoms with E-state index in [1.54, 1.807) is 0 Å². The lowest BCUT2D eigenvalue weighted by atomic mass is 10.1. The van der Waals surface area contributed by atoms with Crippen LogP contribution in [0.5, 0.6) is 5.75 Å². The van der Waals surface area contributed by atoms with Crippen LogP contribution in [0.15, 0.2) is 18.2 Å². The summed E-state index contributed by atoms with van der Waals surface area (Å²) in [6.07, 6.45) is -1.04. The van der Waals surface area contributed by atoms with E-state index >= 15 is 0 Å². The van der Waals surface area contributed by atoms with Crippen molar-refractivity contribution in [1.29, 1.82) is 0 Å². The molecule has 0 aliphatic heterocycles. The van der Waals surface area contributed by atoms with Gasteiger partial charge in [-0.25, -0.2) is 4.39 Å². The predicted octanol–water partition coefficient (Wildman–Crippen LogP) is 0.860. The topological polar surface area (TPSA) is 49.7 Å². The fraction of sp³-hybridized carbons (Fsp3) is 0.333.